The molecular formula is C11H23N. The molecule has 1 saturated heterocycles. The summed E-state index contributed by atoms with van der Waals surface area (Å²) in [5.41, 5.74) is 0.773. The molecule has 2 unspecified atom stereocenters. The zero-order chi connectivity index (χ0) is 9.19. The fourth-order valence-electron chi connectivity index (χ4n) is 2.56. The zero-order valence-corrected chi connectivity index (χ0v) is 9.06. The summed E-state index contributed by atoms with van der Waals surface area (Å²) in [6, 6.07) is 0. The molecule has 0 N–H and O–H groups in total. The van der Waals surface area contributed by atoms with Crippen LogP contribution in [0.3, 0.4) is 0 Å². The molecule has 0 aromatic carbocycles. The van der Waals surface area contributed by atoms with Crippen molar-refractivity contribution in [2.75, 3.05) is 20.1 Å². The molecule has 1 aliphatic carbocycles. The van der Waals surface area contributed by atoms with Crippen LogP contribution >= 0.6 is 0 Å². The molecule has 1 spiro atoms. The first kappa shape index (κ1) is 10.0. The summed E-state index contributed by atoms with van der Waals surface area (Å²) in [5.74, 6) is 1.01. The van der Waals surface area contributed by atoms with Crippen molar-refractivity contribution in [2.45, 2.75) is 40.0 Å². The van der Waals surface area contributed by atoms with Gasteiger partial charge in [-0.3, -0.25) is 0 Å². The van der Waals surface area contributed by atoms with Gasteiger partial charge >= 0.3 is 0 Å². The third kappa shape index (κ3) is 1.52. The summed E-state index contributed by atoms with van der Waals surface area (Å²) in [6.45, 7) is 9.13. The minimum absolute atomic E-state index is 0.773. The highest BCUT2D eigenvalue weighted by Crippen LogP contribution is 2.52. The second-order valence-electron chi connectivity index (χ2n) is 4.29. The van der Waals surface area contributed by atoms with E-state index in [0.717, 1.165) is 11.3 Å². The predicted molar refractivity (Wildman–Crippen MR) is 54.3 cm³/mol. The van der Waals surface area contributed by atoms with Crippen molar-refractivity contribution in [1.29, 1.82) is 0 Å². The van der Waals surface area contributed by atoms with Crippen LogP contribution in [0.25, 0.3) is 0 Å². The lowest BCUT2D eigenvalue weighted by molar-refractivity contribution is 0.0566. The summed E-state index contributed by atoms with van der Waals surface area (Å²) in [6.07, 6.45) is 4.44. The first-order valence-corrected chi connectivity index (χ1v) is 5.41. The molecule has 1 saturated carbocycles. The van der Waals surface area contributed by atoms with Crippen molar-refractivity contribution in [2.24, 2.45) is 11.3 Å². The summed E-state index contributed by atoms with van der Waals surface area (Å²) in [5, 5.41) is 0. The van der Waals surface area contributed by atoms with Crippen molar-refractivity contribution in [3.63, 3.8) is 0 Å². The number of likely N-dealkylation sites (tertiary alicyclic amines) is 1. The van der Waals surface area contributed by atoms with Crippen molar-refractivity contribution in [1.82, 2.24) is 4.90 Å². The highest BCUT2D eigenvalue weighted by atomic mass is 15.1. The van der Waals surface area contributed by atoms with Crippen LogP contribution < -0.4 is 0 Å². The van der Waals surface area contributed by atoms with E-state index < -0.39 is 0 Å². The molecule has 0 aromatic rings. The van der Waals surface area contributed by atoms with Gasteiger partial charge in [-0.05, 0) is 44.2 Å². The van der Waals surface area contributed by atoms with Crippen molar-refractivity contribution < 1.29 is 0 Å². The topological polar surface area (TPSA) is 3.24 Å². The van der Waals surface area contributed by atoms with E-state index in [-0.39, 0.29) is 0 Å². The van der Waals surface area contributed by atoms with Gasteiger partial charge in [-0.1, -0.05) is 20.8 Å². The van der Waals surface area contributed by atoms with Crippen LogP contribution in [0.15, 0.2) is 0 Å². The van der Waals surface area contributed by atoms with Crippen LogP contribution in [0.2, 0.25) is 0 Å². The molecule has 2 aliphatic rings. The van der Waals surface area contributed by atoms with E-state index in [9.17, 15) is 0 Å². The molecule has 1 heteroatoms. The molecule has 2 rings (SSSR count). The monoisotopic (exact) mass is 169 g/mol. The fourth-order valence-corrected chi connectivity index (χ4v) is 2.56. The normalized spacial score (nSPS) is 40.5. The Morgan fingerprint density at radius 3 is 2.08 bits per heavy atom. The standard InChI is InChI=1S/C9H17N.C2H6/c1-8-3-4-9(8)5-6-10(2)7-9;1-2/h8H,3-7H2,1-2H3;1-2H3. The van der Waals surface area contributed by atoms with Gasteiger partial charge in [0.1, 0.15) is 0 Å². The van der Waals surface area contributed by atoms with Gasteiger partial charge in [0.25, 0.3) is 0 Å². The Balaban J connectivity index is 0.000000336. The van der Waals surface area contributed by atoms with Crippen LogP contribution in [0.5, 0.6) is 0 Å². The molecule has 0 aromatic heterocycles. The van der Waals surface area contributed by atoms with E-state index >= 15 is 0 Å². The third-order valence-corrected chi connectivity index (χ3v) is 3.70. The Kier molecular flexibility index (Phi) is 3.16. The van der Waals surface area contributed by atoms with Crippen LogP contribution in [0.1, 0.15) is 40.0 Å². The smallest absolute Gasteiger partial charge is 0.00380 e. The minimum atomic E-state index is 0.773. The second kappa shape index (κ2) is 3.78. The third-order valence-electron chi connectivity index (χ3n) is 3.70. The fraction of sp³-hybridized carbons (Fsp3) is 1.00. The van der Waals surface area contributed by atoms with Gasteiger partial charge in [0, 0.05) is 6.54 Å². The van der Waals surface area contributed by atoms with Crippen molar-refractivity contribution in [3.8, 4) is 0 Å². The van der Waals surface area contributed by atoms with E-state index in [1.165, 1.54) is 32.4 Å². The number of hydrogen-bond donors (Lipinski definition) is 0. The molecule has 1 heterocycles. The SMILES string of the molecule is CC.CC1CCC12CCN(C)C2. The highest BCUT2D eigenvalue weighted by Gasteiger charge is 2.47. The van der Waals surface area contributed by atoms with E-state index in [1.54, 1.807) is 0 Å². The van der Waals surface area contributed by atoms with E-state index in [4.69, 9.17) is 0 Å². The highest BCUT2D eigenvalue weighted by molar-refractivity contribution is 4.99. The zero-order valence-electron chi connectivity index (χ0n) is 9.06. The van der Waals surface area contributed by atoms with Gasteiger partial charge in [-0.15, -0.1) is 0 Å². The van der Waals surface area contributed by atoms with Crippen LogP contribution in [0, 0.1) is 11.3 Å². The predicted octanol–water partition coefficient (Wildman–Crippen LogP) is 2.76. The Labute approximate surface area is 77.1 Å². The van der Waals surface area contributed by atoms with Gasteiger partial charge in [0.05, 0.1) is 0 Å². The Bertz CT molecular complexity index is 144. The quantitative estimate of drug-likeness (QED) is 0.539. The lowest BCUT2D eigenvalue weighted by atomic mass is 9.60. The average Bonchev–Trinajstić information content (AvgIpc) is 2.51. The van der Waals surface area contributed by atoms with Gasteiger partial charge in [-0.25, -0.2) is 0 Å². The average molecular weight is 169 g/mol. The molecule has 2 atom stereocenters. The number of hydrogen-bond acceptors (Lipinski definition) is 1. The van der Waals surface area contributed by atoms with Crippen LogP contribution in [0.4, 0.5) is 0 Å². The molecule has 0 bridgehead atoms. The first-order chi connectivity index (χ1) is 5.73. The van der Waals surface area contributed by atoms with Crippen molar-refractivity contribution >= 4 is 0 Å². The second-order valence-corrected chi connectivity index (χ2v) is 4.29. The summed E-state index contributed by atoms with van der Waals surface area (Å²) in [4.78, 5) is 2.48. The van der Waals surface area contributed by atoms with Gasteiger partial charge in [-0.2, -0.15) is 0 Å². The first-order valence-electron chi connectivity index (χ1n) is 5.41. The molecule has 1 aliphatic heterocycles. The van der Waals surface area contributed by atoms with Gasteiger partial charge in [0.15, 0.2) is 0 Å². The van der Waals surface area contributed by atoms with E-state index in [2.05, 4.69) is 18.9 Å². The number of rotatable bonds is 0. The van der Waals surface area contributed by atoms with Crippen molar-refractivity contribution in [3.05, 3.63) is 0 Å². The molecule has 0 amide bonds. The lowest BCUT2D eigenvalue weighted by Gasteiger charge is -2.45. The summed E-state index contributed by atoms with van der Waals surface area (Å²) < 4.78 is 0. The van der Waals surface area contributed by atoms with E-state index in [0.29, 0.717) is 0 Å². The maximum absolute atomic E-state index is 2.48. The maximum Gasteiger partial charge on any atom is 0.00380 e. The Morgan fingerprint density at radius 1 is 1.25 bits per heavy atom. The molecule has 2 fully saturated rings. The largest absolute Gasteiger partial charge is 0.306 e. The summed E-state index contributed by atoms with van der Waals surface area (Å²) >= 11 is 0. The Hall–Kier alpha value is -0.0400. The lowest BCUT2D eigenvalue weighted by Crippen LogP contribution is -2.40. The number of nitrogens with zero attached hydrogens (tertiary/aromatic N) is 1. The molecule has 1 nitrogen and oxygen atoms in total. The maximum atomic E-state index is 2.48. The van der Waals surface area contributed by atoms with Gasteiger partial charge < -0.3 is 4.90 Å². The van der Waals surface area contributed by atoms with E-state index in [1.807, 2.05) is 13.8 Å². The molecule has 0 radical (unpaired) electrons. The minimum Gasteiger partial charge on any atom is -0.306 e. The molecular weight excluding hydrogens is 146 g/mol. The van der Waals surface area contributed by atoms with Gasteiger partial charge in [0.2, 0.25) is 0 Å². The van der Waals surface area contributed by atoms with Crippen LogP contribution in [-0.4, -0.2) is 25.0 Å². The summed E-state index contributed by atoms with van der Waals surface area (Å²) in [7, 11) is 2.25. The Morgan fingerprint density at radius 2 is 1.92 bits per heavy atom. The molecule has 12 heavy (non-hydrogen) atoms. The molecule has 72 valence electrons. The van der Waals surface area contributed by atoms with Crippen LogP contribution in [-0.2, 0) is 0 Å².